The van der Waals surface area contributed by atoms with Crippen LogP contribution in [0.1, 0.15) is 36.5 Å². The van der Waals surface area contributed by atoms with Gasteiger partial charge in [0.25, 0.3) is 11.6 Å². The topological polar surface area (TPSA) is 89.5 Å². The Morgan fingerprint density at radius 2 is 2.20 bits per heavy atom. The lowest BCUT2D eigenvalue weighted by atomic mass is 10.1. The zero-order chi connectivity index (χ0) is 14.9. The number of anilines is 1. The number of benzene rings is 1. The van der Waals surface area contributed by atoms with E-state index in [-0.39, 0.29) is 33.9 Å². The van der Waals surface area contributed by atoms with E-state index in [0.717, 1.165) is 25.3 Å². The number of nitrogen functional groups attached to an aromatic ring is 1. The lowest BCUT2D eigenvalue weighted by Crippen LogP contribution is -2.34. The Morgan fingerprint density at radius 3 is 2.70 bits per heavy atom. The van der Waals surface area contributed by atoms with Gasteiger partial charge in [-0.2, -0.15) is 0 Å². The number of hydrogen-bond acceptors (Lipinski definition) is 4. The highest BCUT2D eigenvalue weighted by molar-refractivity contribution is 6.34. The number of non-ortho nitro benzene ring substituents is 1. The number of nitro benzene ring substituents is 1. The summed E-state index contributed by atoms with van der Waals surface area (Å²) in [5, 5.41) is 10.9. The van der Waals surface area contributed by atoms with Crippen molar-refractivity contribution in [3.05, 3.63) is 32.8 Å². The van der Waals surface area contributed by atoms with Gasteiger partial charge in [0.15, 0.2) is 0 Å². The lowest BCUT2D eigenvalue weighted by molar-refractivity contribution is -0.384. The number of halogens is 1. The number of nitrogens with zero attached hydrogens (tertiary/aromatic N) is 2. The van der Waals surface area contributed by atoms with Gasteiger partial charge in [-0.3, -0.25) is 14.9 Å². The smallest absolute Gasteiger partial charge is 0.271 e. The zero-order valence-electron chi connectivity index (χ0n) is 11.1. The van der Waals surface area contributed by atoms with Crippen LogP contribution in [0, 0.1) is 10.1 Å². The summed E-state index contributed by atoms with van der Waals surface area (Å²) < 4.78 is 0. The molecule has 0 bridgehead atoms. The molecule has 1 fully saturated rings. The summed E-state index contributed by atoms with van der Waals surface area (Å²) in [5.41, 5.74) is 5.80. The van der Waals surface area contributed by atoms with Crippen LogP contribution in [0.5, 0.6) is 0 Å². The third-order valence-corrected chi connectivity index (χ3v) is 3.58. The molecule has 108 valence electrons. The average molecular weight is 298 g/mol. The van der Waals surface area contributed by atoms with Crippen LogP contribution in [0.15, 0.2) is 12.1 Å². The standard InChI is InChI=1S/C13H16ClN3O3/c1-2-5-16(8-3-4-8)13(18)10-6-9(17(19)20)7-11(14)12(10)15/h6-8H,2-5,15H2,1H3. The minimum Gasteiger partial charge on any atom is -0.397 e. The fourth-order valence-electron chi connectivity index (χ4n) is 2.12. The molecule has 20 heavy (non-hydrogen) atoms. The highest BCUT2D eigenvalue weighted by atomic mass is 35.5. The van der Waals surface area contributed by atoms with Crippen molar-refractivity contribution < 1.29 is 9.72 Å². The first kappa shape index (κ1) is 14.6. The second-order valence-corrected chi connectivity index (χ2v) is 5.28. The van der Waals surface area contributed by atoms with Crippen molar-refractivity contribution in [3.8, 4) is 0 Å². The van der Waals surface area contributed by atoms with Gasteiger partial charge in [-0.25, -0.2) is 0 Å². The molecule has 1 saturated carbocycles. The molecule has 0 aliphatic heterocycles. The Labute approximate surface area is 121 Å². The van der Waals surface area contributed by atoms with Crippen LogP contribution in [0.4, 0.5) is 11.4 Å². The van der Waals surface area contributed by atoms with Crippen molar-refractivity contribution >= 4 is 28.9 Å². The van der Waals surface area contributed by atoms with Gasteiger partial charge < -0.3 is 10.6 Å². The van der Waals surface area contributed by atoms with Gasteiger partial charge in [0.2, 0.25) is 0 Å². The van der Waals surface area contributed by atoms with Crippen LogP contribution >= 0.6 is 11.6 Å². The molecule has 1 aromatic carbocycles. The summed E-state index contributed by atoms with van der Waals surface area (Å²) in [6.45, 7) is 2.59. The number of nitrogens with two attached hydrogens (primary N) is 1. The minimum atomic E-state index is -0.580. The van der Waals surface area contributed by atoms with E-state index < -0.39 is 4.92 Å². The van der Waals surface area contributed by atoms with Crippen LogP contribution in [0.25, 0.3) is 0 Å². The number of carbonyl (C=O) groups is 1. The van der Waals surface area contributed by atoms with Crippen molar-refractivity contribution in [3.63, 3.8) is 0 Å². The molecular weight excluding hydrogens is 282 g/mol. The molecule has 2 rings (SSSR count). The Balaban J connectivity index is 2.39. The molecule has 0 aromatic heterocycles. The molecule has 0 heterocycles. The van der Waals surface area contributed by atoms with Crippen LogP contribution in [-0.2, 0) is 0 Å². The van der Waals surface area contributed by atoms with Crippen LogP contribution in [0.2, 0.25) is 5.02 Å². The lowest BCUT2D eigenvalue weighted by Gasteiger charge is -2.22. The molecule has 0 unspecified atom stereocenters. The Bertz CT molecular complexity index is 558. The third kappa shape index (κ3) is 2.85. The fraction of sp³-hybridized carbons (Fsp3) is 0.462. The molecule has 6 nitrogen and oxygen atoms in total. The van der Waals surface area contributed by atoms with E-state index in [4.69, 9.17) is 17.3 Å². The zero-order valence-corrected chi connectivity index (χ0v) is 11.9. The fourth-order valence-corrected chi connectivity index (χ4v) is 2.33. The molecule has 1 amide bonds. The molecule has 0 saturated heterocycles. The van der Waals surface area contributed by atoms with E-state index in [9.17, 15) is 14.9 Å². The first-order chi connectivity index (χ1) is 9.45. The Kier molecular flexibility index (Phi) is 4.13. The molecule has 1 aromatic rings. The molecule has 2 N–H and O–H groups in total. The molecular formula is C13H16ClN3O3. The van der Waals surface area contributed by atoms with E-state index in [1.807, 2.05) is 6.92 Å². The molecule has 7 heteroatoms. The maximum absolute atomic E-state index is 12.5. The van der Waals surface area contributed by atoms with Gasteiger partial charge in [-0.05, 0) is 19.3 Å². The maximum atomic E-state index is 12.5. The summed E-state index contributed by atoms with van der Waals surface area (Å²) >= 11 is 5.88. The molecule has 0 atom stereocenters. The number of rotatable bonds is 5. The third-order valence-electron chi connectivity index (χ3n) is 3.27. The quantitative estimate of drug-likeness (QED) is 0.514. The molecule has 0 radical (unpaired) electrons. The second kappa shape index (κ2) is 5.66. The van der Waals surface area contributed by atoms with Crippen molar-refractivity contribution in [2.75, 3.05) is 12.3 Å². The Hall–Kier alpha value is -1.82. The van der Waals surface area contributed by atoms with Gasteiger partial charge in [0, 0.05) is 24.7 Å². The number of carbonyl (C=O) groups excluding carboxylic acids is 1. The predicted molar refractivity (Wildman–Crippen MR) is 76.9 cm³/mol. The monoisotopic (exact) mass is 297 g/mol. The van der Waals surface area contributed by atoms with Crippen LogP contribution in [0.3, 0.4) is 0 Å². The van der Waals surface area contributed by atoms with Gasteiger partial charge >= 0.3 is 0 Å². The summed E-state index contributed by atoms with van der Waals surface area (Å²) in [6.07, 6.45) is 2.76. The molecule has 0 spiro atoms. The van der Waals surface area contributed by atoms with E-state index in [1.54, 1.807) is 4.90 Å². The van der Waals surface area contributed by atoms with Crippen LogP contribution < -0.4 is 5.73 Å². The first-order valence-corrected chi connectivity index (χ1v) is 6.87. The molecule has 1 aliphatic carbocycles. The summed E-state index contributed by atoms with van der Waals surface area (Å²) in [5.74, 6) is -0.280. The van der Waals surface area contributed by atoms with Crippen molar-refractivity contribution in [1.82, 2.24) is 4.90 Å². The van der Waals surface area contributed by atoms with Crippen molar-refractivity contribution in [1.29, 1.82) is 0 Å². The summed E-state index contributed by atoms with van der Waals surface area (Å²) in [6, 6.07) is 2.59. The van der Waals surface area contributed by atoms with Gasteiger partial charge in [0.1, 0.15) is 0 Å². The van der Waals surface area contributed by atoms with Gasteiger partial charge in [0.05, 0.1) is 21.2 Å². The highest BCUT2D eigenvalue weighted by Gasteiger charge is 2.34. The Morgan fingerprint density at radius 1 is 1.55 bits per heavy atom. The van der Waals surface area contributed by atoms with Crippen molar-refractivity contribution in [2.45, 2.75) is 32.2 Å². The number of hydrogen-bond donors (Lipinski definition) is 1. The first-order valence-electron chi connectivity index (χ1n) is 6.50. The van der Waals surface area contributed by atoms with E-state index in [0.29, 0.717) is 6.54 Å². The largest absolute Gasteiger partial charge is 0.397 e. The van der Waals surface area contributed by atoms with E-state index >= 15 is 0 Å². The normalized spacial score (nSPS) is 14.1. The summed E-state index contributed by atoms with van der Waals surface area (Å²) in [4.78, 5) is 24.5. The van der Waals surface area contributed by atoms with Gasteiger partial charge in [-0.1, -0.05) is 18.5 Å². The SMILES string of the molecule is CCCN(C(=O)c1cc([N+](=O)[O-])cc(Cl)c1N)C1CC1. The van der Waals surface area contributed by atoms with Crippen LogP contribution in [-0.4, -0.2) is 28.3 Å². The minimum absolute atomic E-state index is 0.0368. The molecule has 1 aliphatic rings. The van der Waals surface area contributed by atoms with Gasteiger partial charge in [-0.15, -0.1) is 0 Å². The van der Waals surface area contributed by atoms with E-state index in [1.165, 1.54) is 6.07 Å². The number of amides is 1. The maximum Gasteiger partial charge on any atom is 0.271 e. The summed E-state index contributed by atoms with van der Waals surface area (Å²) in [7, 11) is 0. The van der Waals surface area contributed by atoms with Crippen molar-refractivity contribution in [2.24, 2.45) is 0 Å². The highest BCUT2D eigenvalue weighted by Crippen LogP contribution is 2.33. The van der Waals surface area contributed by atoms with E-state index in [2.05, 4.69) is 0 Å². The predicted octanol–water partition coefficient (Wildman–Crippen LogP) is 2.85. The number of nitro groups is 1. The average Bonchev–Trinajstić information content (AvgIpc) is 3.22. The second-order valence-electron chi connectivity index (χ2n) is 4.88.